The molecular formula is C14H22BrClN2O2S. The molecule has 0 bridgehead atoms. The van der Waals surface area contributed by atoms with E-state index in [0.29, 0.717) is 25.1 Å². The van der Waals surface area contributed by atoms with Gasteiger partial charge in [0.05, 0.1) is 10.8 Å². The number of carbonyl (C=O) groups is 1. The molecule has 0 heterocycles. The number of rotatable bonds is 8. The van der Waals surface area contributed by atoms with E-state index in [4.69, 9.17) is 0 Å². The summed E-state index contributed by atoms with van der Waals surface area (Å²) in [4.78, 5) is 14.3. The maximum absolute atomic E-state index is 12.0. The van der Waals surface area contributed by atoms with Gasteiger partial charge in [0.25, 0.3) is 0 Å². The summed E-state index contributed by atoms with van der Waals surface area (Å²) >= 11 is 3.35. The zero-order chi connectivity index (χ0) is 15.0. The van der Waals surface area contributed by atoms with Gasteiger partial charge in [-0.2, -0.15) is 0 Å². The monoisotopic (exact) mass is 396 g/mol. The van der Waals surface area contributed by atoms with Crippen LogP contribution in [0.15, 0.2) is 33.6 Å². The Morgan fingerprint density at radius 2 is 1.95 bits per heavy atom. The third-order valence-electron chi connectivity index (χ3n) is 2.92. The van der Waals surface area contributed by atoms with Crippen molar-refractivity contribution in [2.24, 2.45) is 0 Å². The van der Waals surface area contributed by atoms with Crippen LogP contribution < -0.4 is 5.32 Å². The average Bonchev–Trinajstić information content (AvgIpc) is 2.45. The maximum atomic E-state index is 12.0. The Balaban J connectivity index is 0.00000400. The van der Waals surface area contributed by atoms with Crippen molar-refractivity contribution in [2.75, 3.05) is 32.9 Å². The molecule has 0 fully saturated rings. The summed E-state index contributed by atoms with van der Waals surface area (Å²) in [6, 6.07) is 7.45. The zero-order valence-corrected chi connectivity index (χ0v) is 15.5. The van der Waals surface area contributed by atoms with Crippen LogP contribution in [0.25, 0.3) is 0 Å². The standard InChI is InChI=1S/C14H21BrN2O2S.ClH/c1-16-9-10-17(2)14(18)4-3-11-20(19)13-7-5-12(15)6-8-13;/h5-8,16H,3-4,9-11H2,1-2H3;1H. The zero-order valence-electron chi connectivity index (χ0n) is 12.3. The van der Waals surface area contributed by atoms with Gasteiger partial charge in [-0.1, -0.05) is 15.9 Å². The highest BCUT2D eigenvalue weighted by molar-refractivity contribution is 9.10. The average molecular weight is 398 g/mol. The van der Waals surface area contributed by atoms with Crippen LogP contribution >= 0.6 is 28.3 Å². The summed E-state index contributed by atoms with van der Waals surface area (Å²) < 4.78 is 13.0. The molecule has 0 radical (unpaired) electrons. The van der Waals surface area contributed by atoms with Gasteiger partial charge in [0, 0.05) is 41.7 Å². The molecular weight excluding hydrogens is 376 g/mol. The minimum absolute atomic E-state index is 0. The molecule has 1 aromatic rings. The number of likely N-dealkylation sites (N-methyl/N-ethyl adjacent to an activating group) is 2. The number of carbonyl (C=O) groups excluding carboxylic acids is 1. The lowest BCUT2D eigenvalue weighted by atomic mass is 10.3. The van der Waals surface area contributed by atoms with Crippen LogP contribution in [0, 0.1) is 0 Å². The van der Waals surface area contributed by atoms with E-state index in [1.165, 1.54) is 0 Å². The summed E-state index contributed by atoms with van der Waals surface area (Å²) in [5.41, 5.74) is 0. The van der Waals surface area contributed by atoms with Crippen molar-refractivity contribution in [3.8, 4) is 0 Å². The number of amides is 1. The SMILES string of the molecule is CNCCN(C)C(=O)CCCS(=O)c1ccc(Br)cc1.Cl. The quantitative estimate of drug-likeness (QED) is 0.733. The van der Waals surface area contributed by atoms with E-state index >= 15 is 0 Å². The van der Waals surface area contributed by atoms with Crippen LogP contribution in [-0.2, 0) is 15.6 Å². The first-order valence-corrected chi connectivity index (χ1v) is 8.68. The smallest absolute Gasteiger partial charge is 0.222 e. The van der Waals surface area contributed by atoms with E-state index in [9.17, 15) is 9.00 Å². The van der Waals surface area contributed by atoms with Crippen molar-refractivity contribution in [3.05, 3.63) is 28.7 Å². The van der Waals surface area contributed by atoms with E-state index in [2.05, 4.69) is 21.2 Å². The highest BCUT2D eigenvalue weighted by Crippen LogP contribution is 2.14. The molecule has 21 heavy (non-hydrogen) atoms. The molecule has 1 amide bonds. The van der Waals surface area contributed by atoms with Gasteiger partial charge < -0.3 is 10.2 Å². The van der Waals surface area contributed by atoms with Gasteiger partial charge in [-0.05, 0) is 37.7 Å². The van der Waals surface area contributed by atoms with Crippen molar-refractivity contribution < 1.29 is 9.00 Å². The summed E-state index contributed by atoms with van der Waals surface area (Å²) in [7, 11) is 2.63. The first-order chi connectivity index (χ1) is 9.54. The highest BCUT2D eigenvalue weighted by Gasteiger charge is 2.09. The van der Waals surface area contributed by atoms with E-state index < -0.39 is 10.8 Å². The Kier molecular flexibility index (Phi) is 11.0. The predicted octanol–water partition coefficient (Wildman–Crippen LogP) is 2.44. The molecule has 7 heteroatoms. The molecule has 1 rings (SSSR count). The molecule has 0 saturated carbocycles. The lowest BCUT2D eigenvalue weighted by Crippen LogP contribution is -2.32. The summed E-state index contributed by atoms with van der Waals surface area (Å²) in [5.74, 6) is 0.626. The van der Waals surface area contributed by atoms with Crippen molar-refractivity contribution in [1.82, 2.24) is 10.2 Å². The molecule has 1 unspecified atom stereocenters. The van der Waals surface area contributed by atoms with E-state index in [1.54, 1.807) is 11.9 Å². The van der Waals surface area contributed by atoms with Gasteiger partial charge in [0.2, 0.25) is 5.91 Å². The molecule has 1 atom stereocenters. The Morgan fingerprint density at radius 1 is 1.33 bits per heavy atom. The number of benzene rings is 1. The van der Waals surface area contributed by atoms with Gasteiger partial charge in [-0.3, -0.25) is 9.00 Å². The van der Waals surface area contributed by atoms with Crippen LogP contribution in [-0.4, -0.2) is 48.0 Å². The van der Waals surface area contributed by atoms with Gasteiger partial charge in [-0.15, -0.1) is 12.4 Å². The Bertz CT molecular complexity index is 457. The van der Waals surface area contributed by atoms with E-state index in [0.717, 1.165) is 15.9 Å². The van der Waals surface area contributed by atoms with Crippen LogP contribution in [0.3, 0.4) is 0 Å². The summed E-state index contributed by atoms with van der Waals surface area (Å²) in [6.45, 7) is 1.48. The molecule has 0 aromatic heterocycles. The van der Waals surface area contributed by atoms with Gasteiger partial charge in [0.1, 0.15) is 0 Å². The fourth-order valence-corrected chi connectivity index (χ4v) is 3.00. The Labute approximate surface area is 143 Å². The molecule has 0 saturated heterocycles. The first kappa shape index (κ1) is 20.6. The van der Waals surface area contributed by atoms with Gasteiger partial charge >= 0.3 is 0 Å². The molecule has 1 N–H and O–H groups in total. The lowest BCUT2D eigenvalue weighted by molar-refractivity contribution is -0.129. The first-order valence-electron chi connectivity index (χ1n) is 6.57. The second kappa shape index (κ2) is 11.2. The second-order valence-corrected chi connectivity index (χ2v) is 7.01. The fourth-order valence-electron chi connectivity index (χ4n) is 1.65. The van der Waals surface area contributed by atoms with Gasteiger partial charge in [-0.25, -0.2) is 0 Å². The van der Waals surface area contributed by atoms with E-state index in [1.807, 2.05) is 31.3 Å². The number of nitrogens with one attached hydrogen (secondary N) is 1. The van der Waals surface area contributed by atoms with Crippen LogP contribution in [0.1, 0.15) is 12.8 Å². The molecule has 0 aliphatic rings. The molecule has 120 valence electrons. The largest absolute Gasteiger partial charge is 0.344 e. The number of hydrogen-bond acceptors (Lipinski definition) is 3. The van der Waals surface area contributed by atoms with Crippen molar-refractivity contribution in [2.45, 2.75) is 17.7 Å². The molecule has 1 aromatic carbocycles. The Morgan fingerprint density at radius 3 is 2.52 bits per heavy atom. The van der Waals surface area contributed by atoms with E-state index in [-0.39, 0.29) is 18.3 Å². The van der Waals surface area contributed by atoms with Gasteiger partial charge in [0.15, 0.2) is 0 Å². The third-order valence-corrected chi connectivity index (χ3v) is 4.91. The summed E-state index contributed by atoms with van der Waals surface area (Å²) in [6.07, 6.45) is 1.09. The number of halogens is 2. The number of nitrogens with zero attached hydrogens (tertiary/aromatic N) is 1. The normalized spacial score (nSPS) is 11.6. The molecule has 0 spiro atoms. The minimum atomic E-state index is -1.03. The molecule has 4 nitrogen and oxygen atoms in total. The van der Waals surface area contributed by atoms with Crippen LogP contribution in [0.4, 0.5) is 0 Å². The highest BCUT2D eigenvalue weighted by atomic mass is 79.9. The predicted molar refractivity (Wildman–Crippen MR) is 93.5 cm³/mol. The molecule has 0 aliphatic carbocycles. The van der Waals surface area contributed by atoms with Crippen LogP contribution in [0.2, 0.25) is 0 Å². The van der Waals surface area contributed by atoms with Crippen molar-refractivity contribution in [3.63, 3.8) is 0 Å². The summed E-state index contributed by atoms with van der Waals surface area (Å²) in [5, 5.41) is 3.01. The fraction of sp³-hybridized carbons (Fsp3) is 0.500. The third kappa shape index (κ3) is 7.95. The lowest BCUT2D eigenvalue weighted by Gasteiger charge is -2.16. The topological polar surface area (TPSA) is 49.4 Å². The Hall–Kier alpha value is -0.430. The van der Waals surface area contributed by atoms with Crippen molar-refractivity contribution in [1.29, 1.82) is 0 Å². The minimum Gasteiger partial charge on any atom is -0.344 e. The van der Waals surface area contributed by atoms with Crippen LogP contribution in [0.5, 0.6) is 0 Å². The molecule has 0 aliphatic heterocycles. The maximum Gasteiger partial charge on any atom is 0.222 e. The number of hydrogen-bond donors (Lipinski definition) is 1. The van der Waals surface area contributed by atoms with Crippen molar-refractivity contribution >= 4 is 45.0 Å². The second-order valence-electron chi connectivity index (χ2n) is 4.53.